The smallest absolute Gasteiger partial charge is 0.253 e. The number of hydrogen-bond acceptors (Lipinski definition) is 3. The second-order valence-electron chi connectivity index (χ2n) is 4.99. The fourth-order valence-electron chi connectivity index (χ4n) is 2.14. The van der Waals surface area contributed by atoms with Gasteiger partial charge in [-0.05, 0) is 17.7 Å². The topological polar surface area (TPSA) is 62.2 Å². The highest BCUT2D eigenvalue weighted by Crippen LogP contribution is 2.26. The van der Waals surface area contributed by atoms with Gasteiger partial charge in [0.25, 0.3) is 5.91 Å². The number of alkyl halides is 3. The molecule has 0 saturated heterocycles. The Bertz CT molecular complexity index is 702. The van der Waals surface area contributed by atoms with E-state index in [9.17, 15) is 18.7 Å². The first kappa shape index (κ1) is 18.6. The van der Waals surface area contributed by atoms with Crippen LogP contribution in [0.15, 0.2) is 42.7 Å². The highest BCUT2D eigenvalue weighted by Gasteiger charge is 2.27. The maximum atomic E-state index is 14.3. The quantitative estimate of drug-likeness (QED) is 0.763. The summed E-state index contributed by atoms with van der Waals surface area (Å²) in [7, 11) is 0. The average molecular weight is 375 g/mol. The Balaban J connectivity index is 2.23. The molecular formula is C16H14Cl2F2N2O2. The van der Waals surface area contributed by atoms with Gasteiger partial charge in [0.2, 0.25) is 0 Å². The van der Waals surface area contributed by atoms with Crippen molar-refractivity contribution in [1.82, 2.24) is 10.3 Å². The Hall–Kier alpha value is -1.76. The maximum absolute atomic E-state index is 14.3. The third kappa shape index (κ3) is 4.41. The van der Waals surface area contributed by atoms with E-state index in [2.05, 4.69) is 10.3 Å². The number of aromatic nitrogens is 1. The van der Waals surface area contributed by atoms with Gasteiger partial charge in [-0.1, -0.05) is 41.4 Å². The number of halogens is 4. The molecule has 2 aromatic rings. The van der Waals surface area contributed by atoms with E-state index < -0.39 is 35.4 Å². The van der Waals surface area contributed by atoms with Crippen LogP contribution in [0.1, 0.15) is 11.7 Å². The van der Waals surface area contributed by atoms with Gasteiger partial charge in [-0.15, -0.1) is 0 Å². The lowest BCUT2D eigenvalue weighted by molar-refractivity contribution is -0.121. The molecule has 1 aromatic heterocycles. The summed E-state index contributed by atoms with van der Waals surface area (Å²) in [6, 6.07) is 6.20. The first-order valence-electron chi connectivity index (χ1n) is 6.96. The van der Waals surface area contributed by atoms with Gasteiger partial charge < -0.3 is 10.4 Å². The van der Waals surface area contributed by atoms with E-state index in [1.54, 1.807) is 30.6 Å². The predicted octanol–water partition coefficient (Wildman–Crippen LogP) is 3.18. The molecule has 1 amide bonds. The molecule has 0 spiro atoms. The fraction of sp³-hybridized carbons (Fsp3) is 0.250. The van der Waals surface area contributed by atoms with Crippen LogP contribution in [0, 0.1) is 5.82 Å². The van der Waals surface area contributed by atoms with E-state index in [0.717, 1.165) is 0 Å². The molecule has 2 atom stereocenters. The maximum Gasteiger partial charge on any atom is 0.253 e. The van der Waals surface area contributed by atoms with Gasteiger partial charge in [-0.3, -0.25) is 9.78 Å². The first-order chi connectivity index (χ1) is 11.4. The highest BCUT2D eigenvalue weighted by molar-refractivity contribution is 6.53. The molecule has 24 heavy (non-hydrogen) atoms. The van der Waals surface area contributed by atoms with Gasteiger partial charge in [0, 0.05) is 23.5 Å². The minimum absolute atomic E-state index is 0.147. The van der Waals surface area contributed by atoms with Crippen molar-refractivity contribution < 1.29 is 18.7 Å². The summed E-state index contributed by atoms with van der Waals surface area (Å²) >= 11 is 10.7. The lowest BCUT2D eigenvalue weighted by Gasteiger charge is -2.22. The molecule has 0 fully saturated rings. The Labute approximate surface area is 147 Å². The van der Waals surface area contributed by atoms with Crippen LogP contribution >= 0.6 is 23.2 Å². The van der Waals surface area contributed by atoms with Gasteiger partial charge in [-0.25, -0.2) is 8.78 Å². The number of aliphatic hydroxyl groups is 1. The van der Waals surface area contributed by atoms with Crippen LogP contribution in [0.2, 0.25) is 0 Å². The summed E-state index contributed by atoms with van der Waals surface area (Å²) in [5, 5.41) is 12.3. The van der Waals surface area contributed by atoms with Crippen molar-refractivity contribution in [3.8, 4) is 11.1 Å². The Morgan fingerprint density at radius 1 is 1.29 bits per heavy atom. The minimum atomic E-state index is -1.59. The number of aliphatic hydroxyl groups excluding tert-OH is 1. The average Bonchev–Trinajstić information content (AvgIpc) is 2.59. The largest absolute Gasteiger partial charge is 0.386 e. The van der Waals surface area contributed by atoms with Gasteiger partial charge in [-0.2, -0.15) is 0 Å². The van der Waals surface area contributed by atoms with Crippen molar-refractivity contribution >= 4 is 29.1 Å². The molecule has 1 aromatic carbocycles. The molecular weight excluding hydrogens is 361 g/mol. The zero-order valence-corrected chi connectivity index (χ0v) is 13.8. The van der Waals surface area contributed by atoms with Crippen molar-refractivity contribution in [3.63, 3.8) is 0 Å². The lowest BCUT2D eigenvalue weighted by atomic mass is 9.98. The van der Waals surface area contributed by atoms with Gasteiger partial charge in [0.15, 0.2) is 4.84 Å². The van der Waals surface area contributed by atoms with E-state index in [-0.39, 0.29) is 5.56 Å². The van der Waals surface area contributed by atoms with Crippen LogP contribution in [-0.4, -0.2) is 33.6 Å². The summed E-state index contributed by atoms with van der Waals surface area (Å²) < 4.78 is 27.4. The van der Waals surface area contributed by atoms with Crippen LogP contribution < -0.4 is 5.32 Å². The molecule has 2 rings (SSSR count). The van der Waals surface area contributed by atoms with Gasteiger partial charge >= 0.3 is 0 Å². The number of rotatable bonds is 6. The van der Waals surface area contributed by atoms with Crippen LogP contribution in [0.4, 0.5) is 8.78 Å². The highest BCUT2D eigenvalue weighted by atomic mass is 35.5. The zero-order chi connectivity index (χ0) is 17.7. The zero-order valence-electron chi connectivity index (χ0n) is 12.3. The van der Waals surface area contributed by atoms with Crippen molar-refractivity contribution in [3.05, 3.63) is 54.1 Å². The first-order valence-corrected chi connectivity index (χ1v) is 7.83. The van der Waals surface area contributed by atoms with Crippen molar-refractivity contribution in [2.75, 3.05) is 6.67 Å². The fourth-order valence-corrected chi connectivity index (χ4v) is 2.27. The van der Waals surface area contributed by atoms with Crippen LogP contribution in [0.3, 0.4) is 0 Å². The number of amides is 1. The summed E-state index contributed by atoms with van der Waals surface area (Å²) in [4.78, 5) is 14.0. The van der Waals surface area contributed by atoms with E-state index in [1.807, 2.05) is 0 Å². The summed E-state index contributed by atoms with van der Waals surface area (Å²) in [5.41, 5.74) is 1.10. The molecule has 128 valence electrons. The lowest BCUT2D eigenvalue weighted by Crippen LogP contribution is -2.43. The van der Waals surface area contributed by atoms with Gasteiger partial charge in [0.1, 0.15) is 18.6 Å². The predicted molar refractivity (Wildman–Crippen MR) is 88.0 cm³/mol. The molecule has 2 N–H and O–H groups in total. The summed E-state index contributed by atoms with van der Waals surface area (Å²) in [6.07, 6.45) is 1.57. The Kier molecular flexibility index (Phi) is 6.48. The number of hydrogen-bond donors (Lipinski definition) is 2. The van der Waals surface area contributed by atoms with Crippen molar-refractivity contribution in [1.29, 1.82) is 0 Å². The van der Waals surface area contributed by atoms with E-state index >= 15 is 0 Å². The molecule has 0 unspecified atom stereocenters. The summed E-state index contributed by atoms with van der Waals surface area (Å²) in [6.45, 7) is -1.11. The number of pyridine rings is 1. The molecule has 0 aliphatic heterocycles. The molecule has 8 heteroatoms. The monoisotopic (exact) mass is 374 g/mol. The van der Waals surface area contributed by atoms with Crippen LogP contribution in [0.5, 0.6) is 0 Å². The normalized spacial score (nSPS) is 13.6. The van der Waals surface area contributed by atoms with Gasteiger partial charge in [0.05, 0.1) is 6.04 Å². The van der Waals surface area contributed by atoms with Crippen molar-refractivity contribution in [2.45, 2.75) is 17.0 Å². The number of nitrogens with zero attached hydrogens (tertiary/aromatic N) is 1. The second kappa shape index (κ2) is 8.37. The molecule has 4 nitrogen and oxygen atoms in total. The minimum Gasteiger partial charge on any atom is -0.386 e. The Morgan fingerprint density at radius 2 is 2.04 bits per heavy atom. The SMILES string of the molecule is O=C(N[C@H](CF)[C@H](O)c1ccc(-c2cccnc2)cc1F)C(Cl)Cl. The second-order valence-corrected chi connectivity index (χ2v) is 6.09. The molecule has 0 bridgehead atoms. The van der Waals surface area contributed by atoms with E-state index in [4.69, 9.17) is 23.2 Å². The number of nitrogens with one attached hydrogen (secondary N) is 1. The van der Waals surface area contributed by atoms with Crippen molar-refractivity contribution in [2.24, 2.45) is 0 Å². The molecule has 0 aliphatic rings. The van der Waals surface area contributed by atoms with E-state index in [1.165, 1.54) is 12.1 Å². The molecule has 0 radical (unpaired) electrons. The van der Waals surface area contributed by atoms with Crippen LogP contribution in [-0.2, 0) is 4.79 Å². The third-order valence-corrected chi connectivity index (χ3v) is 3.78. The molecule has 0 saturated carbocycles. The van der Waals surface area contributed by atoms with Crippen LogP contribution in [0.25, 0.3) is 11.1 Å². The number of carbonyl (C=O) groups excluding carboxylic acids is 1. The molecule has 1 heterocycles. The van der Waals surface area contributed by atoms with E-state index in [0.29, 0.717) is 11.1 Å². The summed E-state index contributed by atoms with van der Waals surface area (Å²) in [5.74, 6) is -1.60. The Morgan fingerprint density at radius 3 is 2.58 bits per heavy atom. The number of benzene rings is 1. The standard InChI is InChI=1S/C16H14Cl2F2N2O2/c17-15(18)16(24)22-13(7-19)14(23)11-4-3-9(6-12(11)20)10-2-1-5-21-8-10/h1-6,8,13-15,23H,7H2,(H,22,24)/t13-,14-/m1/s1. The number of carbonyl (C=O) groups is 1. The third-order valence-electron chi connectivity index (χ3n) is 3.39. The molecule has 0 aliphatic carbocycles.